The van der Waals surface area contributed by atoms with E-state index >= 15 is 0 Å². The average Bonchev–Trinajstić information content (AvgIpc) is 2.59. The van der Waals surface area contributed by atoms with E-state index in [1.165, 1.54) is 16.7 Å². The number of fused-ring (bicyclic) bond motifs is 1. The highest BCUT2D eigenvalue weighted by Gasteiger charge is 2.45. The van der Waals surface area contributed by atoms with Gasteiger partial charge in [-0.25, -0.2) is 0 Å². The van der Waals surface area contributed by atoms with Gasteiger partial charge in [0.15, 0.2) is 0 Å². The maximum atomic E-state index is 3.10. The molecule has 0 fully saturated rings. The fraction of sp³-hybridized carbons (Fsp3) is 0.444. The predicted molar refractivity (Wildman–Crippen MR) is 83.4 cm³/mol. The Bertz CT molecular complexity index is 522. The molecule has 102 valence electrons. The molecule has 0 amide bonds. The molecule has 1 heteroatoms. The molecule has 1 aliphatic rings. The Labute approximate surface area is 117 Å². The van der Waals surface area contributed by atoms with E-state index in [1.807, 2.05) is 13.2 Å². The van der Waals surface area contributed by atoms with Gasteiger partial charge in [-0.15, -0.1) is 0 Å². The van der Waals surface area contributed by atoms with Crippen LogP contribution >= 0.6 is 0 Å². The van der Waals surface area contributed by atoms with Gasteiger partial charge in [0.05, 0.1) is 0 Å². The summed E-state index contributed by atoms with van der Waals surface area (Å²) in [4.78, 5) is 0. The van der Waals surface area contributed by atoms with Gasteiger partial charge in [-0.2, -0.15) is 0 Å². The van der Waals surface area contributed by atoms with Gasteiger partial charge in [0.2, 0.25) is 0 Å². The first-order chi connectivity index (χ1) is 8.95. The van der Waals surface area contributed by atoms with Gasteiger partial charge in [0.1, 0.15) is 0 Å². The Morgan fingerprint density at radius 2 is 1.79 bits per heavy atom. The van der Waals surface area contributed by atoms with E-state index in [0.29, 0.717) is 0 Å². The molecule has 19 heavy (non-hydrogen) atoms. The van der Waals surface area contributed by atoms with Crippen molar-refractivity contribution in [2.75, 3.05) is 7.05 Å². The topological polar surface area (TPSA) is 12.0 Å². The molecule has 0 heterocycles. The van der Waals surface area contributed by atoms with E-state index in [-0.39, 0.29) is 10.8 Å². The second kappa shape index (κ2) is 4.88. The van der Waals surface area contributed by atoms with E-state index in [9.17, 15) is 0 Å². The van der Waals surface area contributed by atoms with Crippen molar-refractivity contribution in [3.8, 4) is 0 Å². The zero-order chi connectivity index (χ0) is 14.1. The third-order valence-corrected chi connectivity index (χ3v) is 4.42. The third-order valence-electron chi connectivity index (χ3n) is 4.42. The monoisotopic (exact) mass is 255 g/mol. The predicted octanol–water partition coefficient (Wildman–Crippen LogP) is 4.31. The van der Waals surface area contributed by atoms with Crippen molar-refractivity contribution in [1.82, 2.24) is 5.32 Å². The first kappa shape index (κ1) is 13.9. The molecule has 0 spiro atoms. The van der Waals surface area contributed by atoms with Crippen molar-refractivity contribution < 1.29 is 0 Å². The molecule has 1 nitrogen and oxygen atoms in total. The molecule has 0 radical (unpaired) electrons. The van der Waals surface area contributed by atoms with Crippen molar-refractivity contribution in [1.29, 1.82) is 0 Å². The summed E-state index contributed by atoms with van der Waals surface area (Å²) >= 11 is 0. The summed E-state index contributed by atoms with van der Waals surface area (Å²) in [6.07, 6.45) is 7.63. The van der Waals surface area contributed by atoms with Gasteiger partial charge in [-0.1, -0.05) is 51.1 Å². The number of rotatable bonds is 3. The molecule has 0 saturated carbocycles. The van der Waals surface area contributed by atoms with Crippen LogP contribution in [-0.4, -0.2) is 7.05 Å². The second-order valence-corrected chi connectivity index (χ2v) is 6.30. The first-order valence-electron chi connectivity index (χ1n) is 7.06. The van der Waals surface area contributed by atoms with Crippen LogP contribution in [0.1, 0.15) is 45.2 Å². The second-order valence-electron chi connectivity index (χ2n) is 6.30. The summed E-state index contributed by atoms with van der Waals surface area (Å²) < 4.78 is 0. The van der Waals surface area contributed by atoms with Crippen LogP contribution in [-0.2, 0) is 10.8 Å². The van der Waals surface area contributed by atoms with Crippen LogP contribution < -0.4 is 5.32 Å². The lowest BCUT2D eigenvalue weighted by atomic mass is 9.74. The highest BCUT2D eigenvalue weighted by atomic mass is 14.8. The Balaban J connectivity index is 2.55. The summed E-state index contributed by atoms with van der Waals surface area (Å²) in [5.74, 6) is 0. The molecular formula is C18H25N. The minimum atomic E-state index is 0.113. The van der Waals surface area contributed by atoms with Crippen molar-refractivity contribution in [3.63, 3.8) is 0 Å². The maximum absolute atomic E-state index is 3.10. The van der Waals surface area contributed by atoms with E-state index in [4.69, 9.17) is 0 Å². The summed E-state index contributed by atoms with van der Waals surface area (Å²) in [7, 11) is 1.94. The third kappa shape index (κ3) is 2.22. The number of allylic oxidation sites excluding steroid dienone is 3. The smallest absolute Gasteiger partial charge is 0.0183 e. The summed E-state index contributed by atoms with van der Waals surface area (Å²) in [5, 5.41) is 3.10. The standard InChI is InChI=1S/C18H25N/c1-6-14(11-12-19-5)18(4)13-17(2,3)15-9-7-8-10-16(15)18/h6-12,19H,13H2,1-5H3/b12-11-,14-6+. The van der Waals surface area contributed by atoms with Crippen LogP contribution in [0.3, 0.4) is 0 Å². The van der Waals surface area contributed by atoms with Gasteiger partial charge < -0.3 is 5.32 Å². The number of hydrogen-bond acceptors (Lipinski definition) is 1. The zero-order valence-electron chi connectivity index (χ0n) is 12.7. The Hall–Kier alpha value is -1.50. The quantitative estimate of drug-likeness (QED) is 0.794. The SMILES string of the molecule is C/C=C(\C=C/NC)C1(C)CC(C)(C)c2ccccc21. The van der Waals surface area contributed by atoms with Crippen LogP contribution in [0.25, 0.3) is 0 Å². The molecule has 1 aromatic rings. The lowest BCUT2D eigenvalue weighted by molar-refractivity contribution is 0.424. The molecular weight excluding hydrogens is 230 g/mol. The van der Waals surface area contributed by atoms with Crippen LogP contribution in [0.15, 0.2) is 48.2 Å². The van der Waals surface area contributed by atoms with E-state index in [2.05, 4.69) is 69.4 Å². The Morgan fingerprint density at radius 3 is 2.37 bits per heavy atom. The van der Waals surface area contributed by atoms with Crippen LogP contribution in [0.2, 0.25) is 0 Å². The molecule has 0 saturated heterocycles. The van der Waals surface area contributed by atoms with Crippen LogP contribution in [0.5, 0.6) is 0 Å². The average molecular weight is 255 g/mol. The largest absolute Gasteiger partial charge is 0.394 e. The minimum absolute atomic E-state index is 0.113. The van der Waals surface area contributed by atoms with Crippen molar-refractivity contribution >= 4 is 0 Å². The molecule has 2 rings (SSSR count). The summed E-state index contributed by atoms with van der Waals surface area (Å²) in [5.41, 5.74) is 4.72. The summed E-state index contributed by atoms with van der Waals surface area (Å²) in [6.45, 7) is 9.21. The zero-order valence-corrected chi connectivity index (χ0v) is 12.7. The van der Waals surface area contributed by atoms with Crippen molar-refractivity contribution in [2.45, 2.75) is 44.9 Å². The first-order valence-corrected chi connectivity index (χ1v) is 7.06. The van der Waals surface area contributed by atoms with E-state index < -0.39 is 0 Å². The molecule has 0 aromatic heterocycles. The molecule has 0 bridgehead atoms. The van der Waals surface area contributed by atoms with Gasteiger partial charge >= 0.3 is 0 Å². The number of nitrogens with one attached hydrogen (secondary N) is 1. The molecule has 1 N–H and O–H groups in total. The lowest BCUT2D eigenvalue weighted by Gasteiger charge is -2.29. The van der Waals surface area contributed by atoms with Gasteiger partial charge in [0.25, 0.3) is 0 Å². The van der Waals surface area contributed by atoms with Gasteiger partial charge in [0, 0.05) is 12.5 Å². The highest BCUT2D eigenvalue weighted by Crippen LogP contribution is 2.52. The summed E-state index contributed by atoms with van der Waals surface area (Å²) in [6, 6.07) is 8.90. The lowest BCUT2D eigenvalue weighted by Crippen LogP contribution is -2.24. The van der Waals surface area contributed by atoms with Crippen molar-refractivity contribution in [2.24, 2.45) is 0 Å². The molecule has 1 atom stereocenters. The number of benzene rings is 1. The van der Waals surface area contributed by atoms with Crippen molar-refractivity contribution in [3.05, 3.63) is 59.3 Å². The minimum Gasteiger partial charge on any atom is -0.394 e. The number of hydrogen-bond donors (Lipinski definition) is 1. The van der Waals surface area contributed by atoms with Gasteiger partial charge in [-0.3, -0.25) is 0 Å². The van der Waals surface area contributed by atoms with E-state index in [1.54, 1.807) is 0 Å². The Morgan fingerprint density at radius 1 is 1.16 bits per heavy atom. The van der Waals surface area contributed by atoms with Crippen LogP contribution in [0, 0.1) is 0 Å². The fourth-order valence-electron chi connectivity index (χ4n) is 3.66. The molecule has 0 aliphatic heterocycles. The molecule has 1 unspecified atom stereocenters. The van der Waals surface area contributed by atoms with Crippen LogP contribution in [0.4, 0.5) is 0 Å². The normalized spacial score (nSPS) is 25.6. The molecule has 1 aliphatic carbocycles. The van der Waals surface area contributed by atoms with Gasteiger partial charge in [-0.05, 0) is 47.7 Å². The van der Waals surface area contributed by atoms with E-state index in [0.717, 1.165) is 6.42 Å². The molecule has 1 aromatic carbocycles. The highest BCUT2D eigenvalue weighted by molar-refractivity contribution is 5.52. The Kier molecular flexibility index (Phi) is 3.58. The fourth-order valence-corrected chi connectivity index (χ4v) is 3.66. The maximum Gasteiger partial charge on any atom is 0.0183 e.